The fraction of sp³-hybridized carbons (Fsp3) is 0.190. The largest absolute Gasteiger partial charge is 0.505 e. The number of carbonyl (C=O) groups excluding carboxylic acids is 1. The van der Waals surface area contributed by atoms with Crippen molar-refractivity contribution < 1.29 is 14.3 Å². The van der Waals surface area contributed by atoms with Crippen LogP contribution in [-0.2, 0) is 6.54 Å². The number of nitrogens with one attached hydrogen (secondary N) is 1. The van der Waals surface area contributed by atoms with Crippen LogP contribution in [0.2, 0.25) is 0 Å². The van der Waals surface area contributed by atoms with E-state index in [0.717, 1.165) is 11.1 Å². The predicted molar refractivity (Wildman–Crippen MR) is 98.9 cm³/mol. The zero-order valence-corrected chi connectivity index (χ0v) is 14.6. The second-order valence-corrected chi connectivity index (χ2v) is 6.11. The minimum Gasteiger partial charge on any atom is -0.505 e. The van der Waals surface area contributed by atoms with Crippen LogP contribution in [0.3, 0.4) is 0 Å². The summed E-state index contributed by atoms with van der Waals surface area (Å²) >= 11 is 0. The second-order valence-electron chi connectivity index (χ2n) is 6.11. The first kappa shape index (κ1) is 18.5. The Balaban J connectivity index is 2.13. The van der Waals surface area contributed by atoms with Crippen molar-refractivity contribution in [3.8, 4) is 5.75 Å². The Kier molecular flexibility index (Phi) is 6.12. The molecule has 130 valence electrons. The standard InChI is InChI=1S/C21H22FNO2/c1-14(2)6-4-7-16-12-17(11-10-15(16)3)21(25)23-13-18-8-5-9-19(24)20(18)22/h4-12,24H,13H2,1-3H3,(H,23,25)/b7-4-. The molecule has 0 bridgehead atoms. The quantitative estimate of drug-likeness (QED) is 0.772. The van der Waals surface area contributed by atoms with Crippen LogP contribution in [-0.4, -0.2) is 11.0 Å². The topological polar surface area (TPSA) is 49.3 Å². The molecule has 0 atom stereocenters. The average Bonchev–Trinajstić information content (AvgIpc) is 2.57. The summed E-state index contributed by atoms with van der Waals surface area (Å²) in [5.74, 6) is -1.43. The highest BCUT2D eigenvalue weighted by Crippen LogP contribution is 2.19. The van der Waals surface area contributed by atoms with Gasteiger partial charge >= 0.3 is 0 Å². The van der Waals surface area contributed by atoms with Crippen LogP contribution in [0.4, 0.5) is 4.39 Å². The SMILES string of the molecule is CC(C)=C/C=C\c1cc(C(=O)NCc2cccc(O)c2F)ccc1C. The van der Waals surface area contributed by atoms with Crippen molar-refractivity contribution in [2.45, 2.75) is 27.3 Å². The number of phenols is 1. The summed E-state index contributed by atoms with van der Waals surface area (Å²) in [6.45, 7) is 6.02. The third kappa shape index (κ3) is 5.05. The van der Waals surface area contributed by atoms with Gasteiger partial charge in [-0.2, -0.15) is 0 Å². The molecule has 0 aliphatic heterocycles. The zero-order valence-electron chi connectivity index (χ0n) is 14.6. The maximum absolute atomic E-state index is 13.8. The maximum Gasteiger partial charge on any atom is 0.251 e. The van der Waals surface area contributed by atoms with E-state index in [1.165, 1.54) is 23.8 Å². The van der Waals surface area contributed by atoms with Gasteiger partial charge in [-0.05, 0) is 50.1 Å². The normalized spacial score (nSPS) is 10.7. The van der Waals surface area contributed by atoms with Crippen molar-refractivity contribution in [3.05, 3.63) is 82.2 Å². The fourth-order valence-electron chi connectivity index (χ4n) is 2.29. The molecule has 2 aromatic carbocycles. The number of carbonyl (C=O) groups is 1. The van der Waals surface area contributed by atoms with Gasteiger partial charge in [0.1, 0.15) is 0 Å². The molecule has 0 spiro atoms. The van der Waals surface area contributed by atoms with Gasteiger partial charge in [0, 0.05) is 17.7 Å². The van der Waals surface area contributed by atoms with Gasteiger partial charge in [-0.1, -0.05) is 42.0 Å². The van der Waals surface area contributed by atoms with E-state index in [0.29, 0.717) is 5.56 Å². The van der Waals surface area contributed by atoms with Gasteiger partial charge in [0.15, 0.2) is 11.6 Å². The molecule has 0 aliphatic rings. The van der Waals surface area contributed by atoms with Crippen LogP contribution in [0.25, 0.3) is 6.08 Å². The predicted octanol–water partition coefficient (Wildman–Crippen LogP) is 4.75. The van der Waals surface area contributed by atoms with E-state index in [-0.39, 0.29) is 18.0 Å². The molecular weight excluding hydrogens is 317 g/mol. The molecule has 2 aromatic rings. The maximum atomic E-state index is 13.8. The number of amides is 1. The summed E-state index contributed by atoms with van der Waals surface area (Å²) in [7, 11) is 0. The van der Waals surface area contributed by atoms with Gasteiger partial charge in [-0.15, -0.1) is 0 Å². The number of allylic oxidation sites excluding steroid dienone is 3. The van der Waals surface area contributed by atoms with Crippen molar-refractivity contribution in [1.82, 2.24) is 5.32 Å². The van der Waals surface area contributed by atoms with Gasteiger partial charge < -0.3 is 10.4 Å². The molecule has 4 heteroatoms. The Bertz CT molecular complexity index is 834. The smallest absolute Gasteiger partial charge is 0.251 e. The van der Waals surface area contributed by atoms with Gasteiger partial charge in [-0.25, -0.2) is 4.39 Å². The monoisotopic (exact) mass is 339 g/mol. The zero-order chi connectivity index (χ0) is 18.4. The van der Waals surface area contributed by atoms with Crippen molar-refractivity contribution >= 4 is 12.0 Å². The van der Waals surface area contributed by atoms with Gasteiger partial charge in [0.05, 0.1) is 0 Å². The summed E-state index contributed by atoms with van der Waals surface area (Å²) in [5, 5.41) is 12.0. The first-order valence-corrected chi connectivity index (χ1v) is 8.05. The molecule has 0 saturated heterocycles. The first-order chi connectivity index (χ1) is 11.9. The minimum atomic E-state index is -0.711. The lowest BCUT2D eigenvalue weighted by atomic mass is 10.0. The summed E-state index contributed by atoms with van der Waals surface area (Å²) in [5.41, 5.74) is 3.95. The molecule has 0 aliphatic carbocycles. The number of hydrogen-bond acceptors (Lipinski definition) is 2. The van der Waals surface area contributed by atoms with Crippen molar-refractivity contribution in [1.29, 1.82) is 0 Å². The number of benzene rings is 2. The molecule has 0 aromatic heterocycles. The van der Waals surface area contributed by atoms with E-state index >= 15 is 0 Å². The van der Waals surface area contributed by atoms with E-state index in [1.807, 2.05) is 45.1 Å². The number of aryl methyl sites for hydroxylation is 1. The van der Waals surface area contributed by atoms with Crippen LogP contribution in [0, 0.1) is 12.7 Å². The van der Waals surface area contributed by atoms with Crippen LogP contribution >= 0.6 is 0 Å². The van der Waals surface area contributed by atoms with Gasteiger partial charge in [0.2, 0.25) is 0 Å². The summed E-state index contributed by atoms with van der Waals surface area (Å²) in [6.07, 6.45) is 5.90. The molecule has 2 N–H and O–H groups in total. The van der Waals surface area contributed by atoms with E-state index in [9.17, 15) is 14.3 Å². The van der Waals surface area contributed by atoms with Crippen molar-refractivity contribution in [2.24, 2.45) is 0 Å². The molecular formula is C21H22FNO2. The van der Waals surface area contributed by atoms with Gasteiger partial charge in [0.25, 0.3) is 5.91 Å². The Morgan fingerprint density at radius 3 is 2.72 bits per heavy atom. The highest BCUT2D eigenvalue weighted by atomic mass is 19.1. The van der Waals surface area contributed by atoms with E-state index < -0.39 is 11.6 Å². The first-order valence-electron chi connectivity index (χ1n) is 8.05. The van der Waals surface area contributed by atoms with Gasteiger partial charge in [-0.3, -0.25) is 4.79 Å². The Morgan fingerprint density at radius 1 is 1.24 bits per heavy atom. The molecule has 0 saturated carbocycles. The molecule has 3 nitrogen and oxygen atoms in total. The fourth-order valence-corrected chi connectivity index (χ4v) is 2.29. The number of aromatic hydroxyl groups is 1. The van der Waals surface area contributed by atoms with Crippen LogP contribution in [0.5, 0.6) is 5.75 Å². The number of phenolic OH excluding ortho intramolecular Hbond substituents is 1. The van der Waals surface area contributed by atoms with E-state index in [1.54, 1.807) is 12.1 Å². The van der Waals surface area contributed by atoms with Crippen molar-refractivity contribution in [2.75, 3.05) is 0 Å². The lowest BCUT2D eigenvalue weighted by Gasteiger charge is -2.09. The summed E-state index contributed by atoms with van der Waals surface area (Å²) in [6, 6.07) is 9.76. The molecule has 25 heavy (non-hydrogen) atoms. The lowest BCUT2D eigenvalue weighted by molar-refractivity contribution is 0.0950. The molecule has 0 heterocycles. The molecule has 0 radical (unpaired) electrons. The summed E-state index contributed by atoms with van der Waals surface area (Å²) in [4.78, 5) is 12.3. The van der Waals surface area contributed by atoms with Crippen LogP contribution < -0.4 is 5.32 Å². The molecule has 2 rings (SSSR count). The summed E-state index contributed by atoms with van der Waals surface area (Å²) < 4.78 is 13.8. The third-order valence-electron chi connectivity index (χ3n) is 3.74. The molecule has 0 unspecified atom stereocenters. The Morgan fingerprint density at radius 2 is 2.00 bits per heavy atom. The van der Waals surface area contributed by atoms with Crippen molar-refractivity contribution in [3.63, 3.8) is 0 Å². The van der Waals surface area contributed by atoms with Crippen LogP contribution in [0.1, 0.15) is 40.9 Å². The number of rotatable bonds is 5. The second kappa shape index (κ2) is 8.29. The average molecular weight is 339 g/mol. The Hall–Kier alpha value is -2.88. The third-order valence-corrected chi connectivity index (χ3v) is 3.74. The molecule has 0 fully saturated rings. The highest BCUT2D eigenvalue weighted by molar-refractivity contribution is 5.94. The number of hydrogen-bond donors (Lipinski definition) is 2. The molecule has 1 amide bonds. The lowest BCUT2D eigenvalue weighted by Crippen LogP contribution is -2.23. The van der Waals surface area contributed by atoms with Crippen LogP contribution in [0.15, 0.2) is 54.1 Å². The highest BCUT2D eigenvalue weighted by Gasteiger charge is 2.10. The van der Waals surface area contributed by atoms with E-state index in [2.05, 4.69) is 5.32 Å². The minimum absolute atomic E-state index is 0.00980. The van der Waals surface area contributed by atoms with E-state index in [4.69, 9.17) is 0 Å². The number of halogens is 1. The Labute approximate surface area is 147 Å².